The van der Waals surface area contributed by atoms with E-state index in [9.17, 15) is 18.7 Å². The summed E-state index contributed by atoms with van der Waals surface area (Å²) in [5.41, 5.74) is 3.34. The Bertz CT molecular complexity index is 1300. The molecule has 36 heavy (non-hydrogen) atoms. The topological polar surface area (TPSA) is 68.8 Å². The Morgan fingerprint density at radius 2 is 1.44 bits per heavy atom. The molecule has 2 heterocycles. The van der Waals surface area contributed by atoms with Crippen molar-refractivity contribution in [2.24, 2.45) is 0 Å². The molecule has 0 spiro atoms. The number of aliphatic carboxylic acids is 1. The van der Waals surface area contributed by atoms with Crippen LogP contribution in [-0.2, 0) is 4.79 Å². The smallest absolute Gasteiger partial charge is 0.325 e. The number of piperazine rings is 1. The van der Waals surface area contributed by atoms with Gasteiger partial charge in [0, 0.05) is 48.8 Å². The van der Waals surface area contributed by atoms with Crippen LogP contribution in [0.15, 0.2) is 72.9 Å². The lowest BCUT2D eigenvalue weighted by molar-refractivity contribution is -0.144. The Morgan fingerprint density at radius 3 is 1.97 bits per heavy atom. The summed E-state index contributed by atoms with van der Waals surface area (Å²) in [4.78, 5) is 19.8. The van der Waals surface area contributed by atoms with Crippen LogP contribution in [-0.4, -0.2) is 59.1 Å². The number of nitrogens with zero attached hydrogens (tertiary/aromatic N) is 2. The number of hydrogen-bond acceptors (Lipinski definition) is 4. The first kappa shape index (κ1) is 24.0. The maximum atomic E-state index is 13.6. The molecule has 1 aliphatic rings. The Morgan fingerprint density at radius 1 is 0.889 bits per heavy atom. The average molecular weight is 492 g/mol. The number of carbonyl (C=O) groups is 1. The summed E-state index contributed by atoms with van der Waals surface area (Å²) in [5, 5.41) is 11.0. The van der Waals surface area contributed by atoms with Gasteiger partial charge in [0.05, 0.1) is 13.2 Å². The van der Waals surface area contributed by atoms with Gasteiger partial charge in [-0.2, -0.15) is 0 Å². The molecule has 3 aromatic carbocycles. The third kappa shape index (κ3) is 4.69. The van der Waals surface area contributed by atoms with E-state index < -0.39 is 12.0 Å². The maximum Gasteiger partial charge on any atom is 0.325 e. The van der Waals surface area contributed by atoms with Crippen molar-refractivity contribution >= 4 is 16.9 Å². The number of ether oxygens (including phenoxy) is 1. The first-order valence-corrected chi connectivity index (χ1v) is 11.8. The zero-order valence-electron chi connectivity index (χ0n) is 19.8. The summed E-state index contributed by atoms with van der Waals surface area (Å²) in [6.45, 7) is 2.22. The van der Waals surface area contributed by atoms with Crippen LogP contribution in [0.4, 0.5) is 8.78 Å². The quantitative estimate of drug-likeness (QED) is 0.381. The van der Waals surface area contributed by atoms with Gasteiger partial charge in [0.15, 0.2) is 0 Å². The van der Waals surface area contributed by atoms with Gasteiger partial charge in [0.1, 0.15) is 23.4 Å². The molecule has 5 rings (SSSR count). The number of aromatic nitrogens is 1. The average Bonchev–Trinajstić information content (AvgIpc) is 3.30. The first-order chi connectivity index (χ1) is 17.4. The molecule has 0 radical (unpaired) electrons. The van der Waals surface area contributed by atoms with E-state index in [0.717, 1.165) is 22.0 Å². The predicted octanol–water partition coefficient (Wildman–Crippen LogP) is 4.99. The molecule has 0 bridgehead atoms. The van der Waals surface area contributed by atoms with Crippen LogP contribution in [0.5, 0.6) is 5.75 Å². The first-order valence-electron chi connectivity index (χ1n) is 11.8. The highest BCUT2D eigenvalue weighted by molar-refractivity contribution is 5.90. The van der Waals surface area contributed by atoms with Crippen molar-refractivity contribution in [2.45, 2.75) is 12.1 Å². The number of carboxylic acids is 1. The summed E-state index contributed by atoms with van der Waals surface area (Å²) in [6.07, 6.45) is 1.76. The van der Waals surface area contributed by atoms with Gasteiger partial charge in [-0.05, 0) is 53.6 Å². The normalized spacial score (nSPS) is 15.9. The SMILES string of the molecule is COc1ccc2[nH]cc([C@H](C(=O)O)N3CCN(C(c4ccc(F)cc4)c4ccc(F)cc4)CC3)c2c1. The van der Waals surface area contributed by atoms with E-state index in [4.69, 9.17) is 4.74 Å². The Kier molecular flexibility index (Phi) is 6.71. The minimum Gasteiger partial charge on any atom is -0.497 e. The van der Waals surface area contributed by atoms with Crippen LogP contribution in [0.2, 0.25) is 0 Å². The largest absolute Gasteiger partial charge is 0.497 e. The second-order valence-electron chi connectivity index (χ2n) is 8.97. The summed E-state index contributed by atoms with van der Waals surface area (Å²) in [6, 6.07) is 17.2. The van der Waals surface area contributed by atoms with Crippen molar-refractivity contribution in [1.82, 2.24) is 14.8 Å². The predicted molar refractivity (Wildman–Crippen MR) is 133 cm³/mol. The van der Waals surface area contributed by atoms with Crippen LogP contribution >= 0.6 is 0 Å². The van der Waals surface area contributed by atoms with Crippen LogP contribution in [0, 0.1) is 11.6 Å². The number of carboxylic acid groups (broad SMARTS) is 1. The van der Waals surface area contributed by atoms with Gasteiger partial charge in [-0.15, -0.1) is 0 Å². The van der Waals surface area contributed by atoms with Crippen molar-refractivity contribution in [2.75, 3.05) is 33.3 Å². The lowest BCUT2D eigenvalue weighted by atomic mass is 9.95. The van der Waals surface area contributed by atoms with Crippen molar-refractivity contribution in [3.05, 3.63) is 101 Å². The number of fused-ring (bicyclic) bond motifs is 1. The van der Waals surface area contributed by atoms with Gasteiger partial charge in [-0.25, -0.2) is 8.78 Å². The van der Waals surface area contributed by atoms with Crippen LogP contribution in [0.3, 0.4) is 0 Å². The molecule has 0 saturated carbocycles. The molecular formula is C28H27F2N3O3. The molecule has 1 aliphatic heterocycles. The van der Waals surface area contributed by atoms with E-state index in [1.54, 1.807) is 37.6 Å². The highest BCUT2D eigenvalue weighted by Crippen LogP contribution is 2.34. The van der Waals surface area contributed by atoms with Gasteiger partial charge >= 0.3 is 5.97 Å². The molecule has 4 aromatic rings. The molecule has 1 aromatic heterocycles. The summed E-state index contributed by atoms with van der Waals surface area (Å²) >= 11 is 0. The fourth-order valence-corrected chi connectivity index (χ4v) is 5.12. The second-order valence-corrected chi connectivity index (χ2v) is 8.97. The molecule has 186 valence electrons. The van der Waals surface area contributed by atoms with Crippen molar-refractivity contribution < 1.29 is 23.4 Å². The number of rotatable bonds is 7. The van der Waals surface area contributed by atoms with E-state index in [-0.39, 0.29) is 17.7 Å². The highest BCUT2D eigenvalue weighted by atomic mass is 19.1. The third-order valence-corrected chi connectivity index (χ3v) is 6.90. The number of H-pyrrole nitrogens is 1. The van der Waals surface area contributed by atoms with Crippen LogP contribution < -0.4 is 4.74 Å². The lowest BCUT2D eigenvalue weighted by Gasteiger charge is -2.41. The minimum absolute atomic E-state index is 0.200. The molecule has 2 N–H and O–H groups in total. The number of hydrogen-bond donors (Lipinski definition) is 2. The molecule has 1 saturated heterocycles. The van der Waals surface area contributed by atoms with E-state index in [0.29, 0.717) is 37.5 Å². The molecule has 0 unspecified atom stereocenters. The van der Waals surface area contributed by atoms with Gasteiger partial charge in [-0.1, -0.05) is 24.3 Å². The number of nitrogens with one attached hydrogen (secondary N) is 1. The molecule has 1 atom stereocenters. The van der Waals surface area contributed by atoms with E-state index in [1.165, 1.54) is 24.3 Å². The molecular weight excluding hydrogens is 464 g/mol. The number of halogens is 2. The molecule has 0 amide bonds. The maximum absolute atomic E-state index is 13.6. The third-order valence-electron chi connectivity index (χ3n) is 6.90. The Labute approximate surface area is 207 Å². The summed E-state index contributed by atoms with van der Waals surface area (Å²) in [5.74, 6) is -0.887. The molecule has 6 nitrogen and oxygen atoms in total. The van der Waals surface area contributed by atoms with Crippen LogP contribution in [0.25, 0.3) is 10.9 Å². The lowest BCUT2D eigenvalue weighted by Crippen LogP contribution is -2.50. The van der Waals surface area contributed by atoms with Crippen LogP contribution in [0.1, 0.15) is 28.8 Å². The zero-order valence-corrected chi connectivity index (χ0v) is 19.8. The van der Waals surface area contributed by atoms with Gasteiger partial charge in [0.2, 0.25) is 0 Å². The van der Waals surface area contributed by atoms with Gasteiger partial charge in [0.25, 0.3) is 0 Å². The summed E-state index contributed by atoms with van der Waals surface area (Å²) < 4.78 is 32.6. The minimum atomic E-state index is -0.916. The second kappa shape index (κ2) is 10.1. The zero-order chi connectivity index (χ0) is 25.2. The van der Waals surface area contributed by atoms with E-state index in [1.807, 2.05) is 23.1 Å². The standard InChI is InChI=1S/C28H27F2N3O3/c1-36-22-10-11-25-23(16-22)24(17-31-25)27(28(34)35)33-14-12-32(13-15-33)26(18-2-6-20(29)7-3-18)19-4-8-21(30)9-5-19/h2-11,16-17,26-27,31H,12-15H2,1H3,(H,34,35)/t27-/m1/s1. The van der Waals surface area contributed by atoms with Crippen molar-refractivity contribution in [3.8, 4) is 5.75 Å². The van der Waals surface area contributed by atoms with Crippen molar-refractivity contribution in [1.29, 1.82) is 0 Å². The molecule has 1 fully saturated rings. The number of benzene rings is 3. The fourth-order valence-electron chi connectivity index (χ4n) is 5.12. The monoisotopic (exact) mass is 491 g/mol. The van der Waals surface area contributed by atoms with Gasteiger partial charge in [-0.3, -0.25) is 14.6 Å². The van der Waals surface area contributed by atoms with Gasteiger partial charge < -0.3 is 14.8 Å². The van der Waals surface area contributed by atoms with E-state index in [2.05, 4.69) is 9.88 Å². The van der Waals surface area contributed by atoms with E-state index >= 15 is 0 Å². The molecule has 0 aliphatic carbocycles. The highest BCUT2D eigenvalue weighted by Gasteiger charge is 2.34. The Balaban J connectivity index is 1.41. The number of methoxy groups -OCH3 is 1. The summed E-state index contributed by atoms with van der Waals surface area (Å²) in [7, 11) is 1.58. The number of aromatic amines is 1. The Hall–Kier alpha value is -3.75. The van der Waals surface area contributed by atoms with Crippen molar-refractivity contribution in [3.63, 3.8) is 0 Å². The fraction of sp³-hybridized carbons (Fsp3) is 0.250. The molecule has 8 heteroatoms.